The Hall–Kier alpha value is -1.85. The molecule has 0 bridgehead atoms. The topological polar surface area (TPSA) is 81.7 Å². The largest absolute Gasteiger partial charge is 0.467 e. The lowest BCUT2D eigenvalue weighted by Gasteiger charge is -2.38. The summed E-state index contributed by atoms with van der Waals surface area (Å²) in [6, 6.07) is 4.13. The van der Waals surface area contributed by atoms with E-state index in [2.05, 4.69) is 13.8 Å². The molecule has 0 radical (unpaired) electrons. The van der Waals surface area contributed by atoms with E-state index in [-0.39, 0.29) is 52.7 Å². The third kappa shape index (κ3) is 9.33. The minimum Gasteiger partial charge on any atom is -0.467 e. The second-order valence-electron chi connectivity index (χ2n) is 13.8. The van der Waals surface area contributed by atoms with Gasteiger partial charge in [-0.05, 0) is 81.4 Å². The summed E-state index contributed by atoms with van der Waals surface area (Å²) in [5.41, 5.74) is -0.0222. The van der Waals surface area contributed by atoms with Crippen molar-refractivity contribution in [1.82, 2.24) is 0 Å². The standard InChI is InChI=1S/C33H48F2O8/c1-32(18-39-19-32)16-37-14-23-3-7-25(8-4-23)31(36)43-27-11-12-29(28(13-27)30(34)35)42-22-41-26-9-5-24(6-10-26)15-38-17-33(2)20-40-21-33/h11-13,23-26,30H,3-10,14-22H2,1-2H3. The number of hydrogen-bond acceptors (Lipinski definition) is 8. The first kappa shape index (κ1) is 32.5. The summed E-state index contributed by atoms with van der Waals surface area (Å²) in [7, 11) is 0. The Bertz CT molecular complexity index is 1030. The highest BCUT2D eigenvalue weighted by atomic mass is 19.3. The van der Waals surface area contributed by atoms with Crippen LogP contribution in [0.3, 0.4) is 0 Å². The van der Waals surface area contributed by atoms with Gasteiger partial charge in [0.1, 0.15) is 11.5 Å². The third-order valence-electron chi connectivity index (χ3n) is 9.34. The van der Waals surface area contributed by atoms with E-state index >= 15 is 0 Å². The minimum absolute atomic E-state index is 0.0336. The Labute approximate surface area is 254 Å². The van der Waals surface area contributed by atoms with Crippen LogP contribution in [0.25, 0.3) is 0 Å². The summed E-state index contributed by atoms with van der Waals surface area (Å²) in [6.45, 7) is 10.1. The molecule has 0 aromatic heterocycles. The van der Waals surface area contributed by atoms with Gasteiger partial charge in [0, 0.05) is 24.0 Å². The van der Waals surface area contributed by atoms with Gasteiger partial charge in [-0.1, -0.05) is 13.8 Å². The highest BCUT2D eigenvalue weighted by Gasteiger charge is 2.35. The van der Waals surface area contributed by atoms with Crippen molar-refractivity contribution in [3.63, 3.8) is 0 Å². The highest BCUT2D eigenvalue weighted by Crippen LogP contribution is 2.36. The van der Waals surface area contributed by atoms with Crippen LogP contribution >= 0.6 is 0 Å². The highest BCUT2D eigenvalue weighted by molar-refractivity contribution is 5.75. The Morgan fingerprint density at radius 2 is 1.42 bits per heavy atom. The molecule has 0 unspecified atom stereocenters. The molecule has 2 heterocycles. The number of carbonyl (C=O) groups excluding carboxylic acids is 1. The first-order chi connectivity index (χ1) is 20.7. The Morgan fingerprint density at radius 1 is 0.860 bits per heavy atom. The van der Waals surface area contributed by atoms with E-state index in [9.17, 15) is 13.6 Å². The molecule has 4 aliphatic rings. The van der Waals surface area contributed by atoms with E-state index in [1.165, 1.54) is 18.2 Å². The SMILES string of the molecule is CC1(COCC2CCC(OCOc3ccc(OC(=O)C4CCC(COCC5(C)COC5)CC4)cc3C(F)F)CC2)COC1. The van der Waals surface area contributed by atoms with Crippen molar-refractivity contribution in [2.75, 3.05) is 59.6 Å². The number of alkyl halides is 2. The molecular formula is C33H48F2O8. The van der Waals surface area contributed by atoms with Gasteiger partial charge in [-0.15, -0.1) is 0 Å². The van der Waals surface area contributed by atoms with Gasteiger partial charge in [-0.3, -0.25) is 4.79 Å². The molecule has 43 heavy (non-hydrogen) atoms. The lowest BCUT2D eigenvalue weighted by molar-refractivity contribution is -0.144. The molecule has 0 N–H and O–H groups in total. The maximum atomic E-state index is 13.9. The smallest absolute Gasteiger partial charge is 0.314 e. The maximum absolute atomic E-state index is 13.9. The zero-order chi connectivity index (χ0) is 30.3. The monoisotopic (exact) mass is 610 g/mol. The van der Waals surface area contributed by atoms with Crippen LogP contribution in [0.15, 0.2) is 18.2 Å². The molecule has 5 rings (SSSR count). The van der Waals surface area contributed by atoms with E-state index in [4.69, 9.17) is 33.2 Å². The van der Waals surface area contributed by atoms with Gasteiger partial charge >= 0.3 is 5.97 Å². The summed E-state index contributed by atoms with van der Waals surface area (Å²) in [6.07, 6.45) is 4.22. The van der Waals surface area contributed by atoms with Crippen LogP contribution in [0, 0.1) is 28.6 Å². The summed E-state index contributed by atoms with van der Waals surface area (Å²) < 4.78 is 67.1. The zero-order valence-electron chi connectivity index (χ0n) is 25.7. The molecule has 0 amide bonds. The molecule has 2 saturated carbocycles. The van der Waals surface area contributed by atoms with Gasteiger partial charge in [-0.25, -0.2) is 8.78 Å². The summed E-state index contributed by atoms with van der Waals surface area (Å²) in [4.78, 5) is 12.8. The van der Waals surface area contributed by atoms with Crippen LogP contribution in [0.4, 0.5) is 8.78 Å². The molecule has 2 aliphatic carbocycles. The van der Waals surface area contributed by atoms with E-state index in [0.717, 1.165) is 78.2 Å². The van der Waals surface area contributed by atoms with Crippen LogP contribution in [-0.4, -0.2) is 71.7 Å². The molecule has 4 fully saturated rings. The van der Waals surface area contributed by atoms with Gasteiger partial charge in [0.15, 0.2) is 6.79 Å². The first-order valence-corrected chi connectivity index (χ1v) is 15.9. The van der Waals surface area contributed by atoms with E-state index in [1.54, 1.807) is 0 Å². The Morgan fingerprint density at radius 3 is 1.93 bits per heavy atom. The number of esters is 1. The van der Waals surface area contributed by atoms with Crippen molar-refractivity contribution in [2.45, 2.75) is 77.7 Å². The molecule has 0 spiro atoms. The number of rotatable bonds is 15. The third-order valence-corrected chi connectivity index (χ3v) is 9.34. The number of carbonyl (C=O) groups is 1. The van der Waals surface area contributed by atoms with Crippen molar-refractivity contribution in [2.24, 2.45) is 28.6 Å². The van der Waals surface area contributed by atoms with E-state index < -0.39 is 6.43 Å². The maximum Gasteiger partial charge on any atom is 0.314 e. The predicted octanol–water partition coefficient (Wildman–Crippen LogP) is 6.35. The van der Waals surface area contributed by atoms with Crippen LogP contribution in [-0.2, 0) is 28.5 Å². The summed E-state index contributed by atoms with van der Waals surface area (Å²) >= 11 is 0. The normalized spacial score (nSPS) is 28.1. The van der Waals surface area contributed by atoms with Gasteiger partial charge in [0.25, 0.3) is 6.43 Å². The Kier molecular flexibility index (Phi) is 11.3. The van der Waals surface area contributed by atoms with Gasteiger partial charge in [0.05, 0.1) is 57.2 Å². The fraction of sp³-hybridized carbons (Fsp3) is 0.788. The van der Waals surface area contributed by atoms with Crippen LogP contribution in [0.1, 0.15) is 77.2 Å². The minimum atomic E-state index is -2.78. The molecule has 10 heteroatoms. The van der Waals surface area contributed by atoms with Gasteiger partial charge < -0.3 is 33.2 Å². The average molecular weight is 611 g/mol. The summed E-state index contributed by atoms with van der Waals surface area (Å²) in [5, 5.41) is 0. The quantitative estimate of drug-likeness (QED) is 0.129. The second-order valence-corrected chi connectivity index (χ2v) is 13.8. The molecule has 2 saturated heterocycles. The van der Waals surface area contributed by atoms with Crippen molar-refractivity contribution in [3.8, 4) is 11.5 Å². The van der Waals surface area contributed by atoms with Crippen molar-refractivity contribution in [3.05, 3.63) is 23.8 Å². The molecule has 242 valence electrons. The van der Waals surface area contributed by atoms with Crippen LogP contribution in [0.2, 0.25) is 0 Å². The van der Waals surface area contributed by atoms with Crippen LogP contribution < -0.4 is 9.47 Å². The lowest BCUT2D eigenvalue weighted by Crippen LogP contribution is -2.43. The first-order valence-electron chi connectivity index (χ1n) is 15.9. The fourth-order valence-electron chi connectivity index (χ4n) is 6.33. The fourth-order valence-corrected chi connectivity index (χ4v) is 6.33. The van der Waals surface area contributed by atoms with E-state index in [1.807, 2.05) is 0 Å². The van der Waals surface area contributed by atoms with Crippen molar-refractivity contribution >= 4 is 5.97 Å². The number of halogens is 2. The molecule has 1 aromatic rings. The van der Waals surface area contributed by atoms with Gasteiger partial charge in [0.2, 0.25) is 0 Å². The second kappa shape index (κ2) is 15.0. The Balaban J connectivity index is 0.990. The van der Waals surface area contributed by atoms with Gasteiger partial charge in [-0.2, -0.15) is 0 Å². The molecule has 8 nitrogen and oxygen atoms in total. The van der Waals surface area contributed by atoms with Crippen molar-refractivity contribution in [1.29, 1.82) is 0 Å². The number of hydrogen-bond donors (Lipinski definition) is 0. The lowest BCUT2D eigenvalue weighted by atomic mass is 9.82. The molecule has 1 aromatic carbocycles. The van der Waals surface area contributed by atoms with E-state index in [0.29, 0.717) is 37.9 Å². The molecular weight excluding hydrogens is 562 g/mol. The predicted molar refractivity (Wildman–Crippen MR) is 154 cm³/mol. The number of benzene rings is 1. The van der Waals surface area contributed by atoms with Crippen molar-refractivity contribution < 1.29 is 46.7 Å². The molecule has 0 atom stereocenters. The summed E-state index contributed by atoms with van der Waals surface area (Å²) in [5.74, 6) is 0.459. The molecule has 2 aliphatic heterocycles. The number of ether oxygens (including phenoxy) is 7. The van der Waals surface area contributed by atoms with Crippen LogP contribution in [0.5, 0.6) is 11.5 Å². The zero-order valence-corrected chi connectivity index (χ0v) is 25.7. The average Bonchev–Trinajstić information content (AvgIpc) is 2.97.